The van der Waals surface area contributed by atoms with Crippen molar-refractivity contribution in [3.8, 4) is 11.5 Å². The van der Waals surface area contributed by atoms with Gasteiger partial charge in [-0.05, 0) is 51.5 Å². The van der Waals surface area contributed by atoms with E-state index < -0.39 is 17.2 Å². The maximum absolute atomic E-state index is 11.5. The van der Waals surface area contributed by atoms with Gasteiger partial charge in [0, 0.05) is 12.5 Å². The van der Waals surface area contributed by atoms with Crippen LogP contribution in [0.1, 0.15) is 40.5 Å². The van der Waals surface area contributed by atoms with Crippen molar-refractivity contribution in [2.24, 2.45) is 0 Å². The van der Waals surface area contributed by atoms with Gasteiger partial charge in [-0.2, -0.15) is 0 Å². The molecule has 0 spiro atoms. The Bertz CT molecular complexity index is 490. The molecule has 0 aromatic heterocycles. The second-order valence-electron chi connectivity index (χ2n) is 5.96. The van der Waals surface area contributed by atoms with Gasteiger partial charge in [0.15, 0.2) is 0 Å². The van der Waals surface area contributed by atoms with Crippen molar-refractivity contribution in [2.75, 3.05) is 0 Å². The van der Waals surface area contributed by atoms with Crippen LogP contribution < -0.4 is 4.74 Å². The number of ether oxygens (including phenoxy) is 2. The largest absolute Gasteiger partial charge is 0.508 e. The van der Waals surface area contributed by atoms with Crippen LogP contribution in [0.3, 0.4) is 0 Å². The number of benzene rings is 1. The van der Waals surface area contributed by atoms with E-state index in [0.29, 0.717) is 18.6 Å². The fourth-order valence-corrected chi connectivity index (χ4v) is 2.29. The zero-order chi connectivity index (χ0) is 16.1. The summed E-state index contributed by atoms with van der Waals surface area (Å²) in [5.41, 5.74) is -1.14. The molecule has 1 N–H and O–H groups in total. The number of carbonyl (C=O) groups is 1. The highest BCUT2D eigenvalue weighted by Gasteiger charge is 2.35. The lowest BCUT2D eigenvalue weighted by molar-refractivity contribution is -0.156. The summed E-state index contributed by atoms with van der Waals surface area (Å²) in [5, 5.41) is 9.28. The summed E-state index contributed by atoms with van der Waals surface area (Å²) in [4.78, 5) is 11.5. The fourth-order valence-electron chi connectivity index (χ4n) is 2.29. The third-order valence-electron chi connectivity index (χ3n) is 3.29. The molecule has 1 rings (SSSR count). The molecular weight excluding hydrogens is 268 g/mol. The van der Waals surface area contributed by atoms with Gasteiger partial charge in [0.2, 0.25) is 0 Å². The van der Waals surface area contributed by atoms with E-state index in [9.17, 15) is 9.90 Å². The number of hydrogen-bond donors (Lipinski definition) is 1. The number of phenolic OH excluding ortho intramolecular Hbond substituents is 1. The molecule has 0 heterocycles. The molecule has 4 nitrogen and oxygen atoms in total. The first-order valence-corrected chi connectivity index (χ1v) is 7.03. The molecule has 4 heteroatoms. The van der Waals surface area contributed by atoms with E-state index in [1.165, 1.54) is 6.08 Å². The van der Waals surface area contributed by atoms with Crippen molar-refractivity contribution >= 4 is 5.97 Å². The van der Waals surface area contributed by atoms with Crippen LogP contribution in [0, 0.1) is 0 Å². The summed E-state index contributed by atoms with van der Waals surface area (Å²) < 4.78 is 11.4. The maximum atomic E-state index is 11.5. The molecule has 0 radical (unpaired) electrons. The van der Waals surface area contributed by atoms with E-state index in [1.807, 2.05) is 27.7 Å². The molecule has 0 aliphatic carbocycles. The third-order valence-corrected chi connectivity index (χ3v) is 3.29. The molecule has 0 bridgehead atoms. The Morgan fingerprint density at radius 3 is 2.33 bits per heavy atom. The number of hydrogen-bond acceptors (Lipinski definition) is 4. The predicted molar refractivity (Wildman–Crippen MR) is 82.4 cm³/mol. The van der Waals surface area contributed by atoms with Crippen LogP contribution in [-0.4, -0.2) is 22.3 Å². The van der Waals surface area contributed by atoms with Crippen LogP contribution in [-0.2, 0) is 9.53 Å². The van der Waals surface area contributed by atoms with Gasteiger partial charge < -0.3 is 14.6 Å². The van der Waals surface area contributed by atoms with Gasteiger partial charge in [0.1, 0.15) is 22.7 Å². The average Bonchev–Trinajstić information content (AvgIpc) is 2.40. The van der Waals surface area contributed by atoms with Crippen LogP contribution in [0.2, 0.25) is 0 Å². The zero-order valence-corrected chi connectivity index (χ0v) is 13.2. The minimum Gasteiger partial charge on any atom is -0.508 e. The highest BCUT2D eigenvalue weighted by molar-refractivity contribution is 5.81. The lowest BCUT2D eigenvalue weighted by Crippen LogP contribution is -2.42. The van der Waals surface area contributed by atoms with E-state index in [2.05, 4.69) is 6.58 Å². The Kier molecular flexibility index (Phi) is 5.41. The highest BCUT2D eigenvalue weighted by Crippen LogP contribution is 2.31. The minimum absolute atomic E-state index is 0.193. The highest BCUT2D eigenvalue weighted by atomic mass is 16.6. The number of phenols is 1. The molecule has 21 heavy (non-hydrogen) atoms. The van der Waals surface area contributed by atoms with Crippen molar-refractivity contribution in [2.45, 2.75) is 51.7 Å². The van der Waals surface area contributed by atoms with Gasteiger partial charge in [-0.3, -0.25) is 0 Å². The van der Waals surface area contributed by atoms with Crippen LogP contribution in [0.5, 0.6) is 11.5 Å². The Labute approximate surface area is 126 Å². The molecule has 1 unspecified atom stereocenters. The number of rotatable bonds is 7. The molecule has 0 saturated carbocycles. The summed E-state index contributed by atoms with van der Waals surface area (Å²) in [6, 6.07) is 6.55. The summed E-state index contributed by atoms with van der Waals surface area (Å²) >= 11 is 0. The summed E-state index contributed by atoms with van der Waals surface area (Å²) in [5.74, 6) is 0.421. The third kappa shape index (κ3) is 5.50. The van der Waals surface area contributed by atoms with E-state index in [4.69, 9.17) is 9.47 Å². The van der Waals surface area contributed by atoms with E-state index >= 15 is 0 Å². The van der Waals surface area contributed by atoms with Crippen LogP contribution in [0.25, 0.3) is 0 Å². The monoisotopic (exact) mass is 292 g/mol. The van der Waals surface area contributed by atoms with Gasteiger partial charge in [-0.25, -0.2) is 4.79 Å². The predicted octanol–water partition coefficient (Wildman–Crippen LogP) is 3.84. The lowest BCUT2D eigenvalue weighted by Gasteiger charge is -2.36. The molecule has 0 saturated heterocycles. The smallest absolute Gasteiger partial charge is 0.330 e. The molecule has 0 aliphatic heterocycles. The van der Waals surface area contributed by atoms with Crippen molar-refractivity contribution in [3.63, 3.8) is 0 Å². The van der Waals surface area contributed by atoms with E-state index in [-0.39, 0.29) is 5.75 Å². The van der Waals surface area contributed by atoms with Gasteiger partial charge in [0.05, 0.1) is 0 Å². The number of aromatic hydroxyl groups is 1. The summed E-state index contributed by atoms with van der Waals surface area (Å²) in [6.45, 7) is 11.2. The summed E-state index contributed by atoms with van der Waals surface area (Å²) in [7, 11) is 0. The molecule has 0 aliphatic rings. The molecule has 0 amide bonds. The number of esters is 1. The Morgan fingerprint density at radius 2 is 1.86 bits per heavy atom. The second kappa shape index (κ2) is 6.66. The fraction of sp³-hybridized carbons (Fsp3) is 0.471. The topological polar surface area (TPSA) is 55.8 Å². The average molecular weight is 292 g/mol. The van der Waals surface area contributed by atoms with Crippen LogP contribution in [0.15, 0.2) is 36.9 Å². The quantitative estimate of drug-likeness (QED) is 0.613. The van der Waals surface area contributed by atoms with Crippen LogP contribution in [0.4, 0.5) is 0 Å². The van der Waals surface area contributed by atoms with Crippen molar-refractivity contribution < 1.29 is 19.4 Å². The Hall–Kier alpha value is -1.97. The molecular formula is C17H24O4. The lowest BCUT2D eigenvalue weighted by atomic mass is 9.88. The van der Waals surface area contributed by atoms with E-state index in [1.54, 1.807) is 24.3 Å². The molecule has 1 aromatic carbocycles. The standard InChI is InChI=1S/C17H24O4/c1-6-15(19)21-17(5,7-2)12-16(3,4)20-14-10-8-13(18)9-11-14/h6,8-11,18H,1,7,12H2,2-5H3. The van der Waals surface area contributed by atoms with Crippen molar-refractivity contribution in [3.05, 3.63) is 36.9 Å². The second-order valence-corrected chi connectivity index (χ2v) is 5.96. The minimum atomic E-state index is -0.619. The zero-order valence-electron chi connectivity index (χ0n) is 13.2. The number of carbonyl (C=O) groups excluding carboxylic acids is 1. The van der Waals surface area contributed by atoms with Crippen molar-refractivity contribution in [1.29, 1.82) is 0 Å². The molecule has 0 fully saturated rings. The molecule has 1 atom stereocenters. The van der Waals surface area contributed by atoms with Gasteiger partial charge >= 0.3 is 5.97 Å². The molecule has 1 aromatic rings. The Morgan fingerprint density at radius 1 is 1.29 bits per heavy atom. The van der Waals surface area contributed by atoms with Crippen molar-refractivity contribution in [1.82, 2.24) is 0 Å². The van der Waals surface area contributed by atoms with Gasteiger partial charge in [-0.1, -0.05) is 13.5 Å². The Balaban J connectivity index is 2.78. The van der Waals surface area contributed by atoms with Gasteiger partial charge in [-0.15, -0.1) is 0 Å². The maximum Gasteiger partial charge on any atom is 0.330 e. The van der Waals surface area contributed by atoms with Gasteiger partial charge in [0.25, 0.3) is 0 Å². The normalized spacial score (nSPS) is 14.1. The first-order chi connectivity index (χ1) is 9.69. The SMILES string of the molecule is C=CC(=O)OC(C)(CC)CC(C)(C)Oc1ccc(O)cc1. The molecule has 116 valence electrons. The first-order valence-electron chi connectivity index (χ1n) is 7.03. The first kappa shape index (κ1) is 17.1. The van der Waals surface area contributed by atoms with Crippen LogP contribution >= 0.6 is 0 Å². The van der Waals surface area contributed by atoms with E-state index in [0.717, 1.165) is 0 Å². The summed E-state index contributed by atoms with van der Waals surface area (Å²) in [6.07, 6.45) is 2.38.